The standard InChI is InChI=1S/C17H14BrFO/c18-15-9-8-14(10-16(15)19)17(20)13-6-4-12(5-7-13)11-2-1-3-11/h4-11H,1-3H2. The Hall–Kier alpha value is -1.48. The maximum absolute atomic E-state index is 13.5. The minimum absolute atomic E-state index is 0.142. The van der Waals surface area contributed by atoms with Crippen LogP contribution < -0.4 is 0 Å². The molecule has 0 unspecified atom stereocenters. The lowest BCUT2D eigenvalue weighted by Crippen LogP contribution is -2.09. The molecule has 1 aliphatic carbocycles. The van der Waals surface area contributed by atoms with Crippen LogP contribution in [0, 0.1) is 5.82 Å². The van der Waals surface area contributed by atoms with E-state index in [9.17, 15) is 9.18 Å². The van der Waals surface area contributed by atoms with Gasteiger partial charge < -0.3 is 0 Å². The van der Waals surface area contributed by atoms with Crippen molar-refractivity contribution in [2.75, 3.05) is 0 Å². The van der Waals surface area contributed by atoms with E-state index < -0.39 is 5.82 Å². The second-order valence-corrected chi connectivity index (χ2v) is 6.06. The molecule has 3 rings (SSSR count). The Labute approximate surface area is 126 Å². The van der Waals surface area contributed by atoms with E-state index in [1.165, 1.54) is 30.9 Å². The summed E-state index contributed by atoms with van der Waals surface area (Å²) in [5.74, 6) is 0.0998. The quantitative estimate of drug-likeness (QED) is 0.716. The summed E-state index contributed by atoms with van der Waals surface area (Å²) in [7, 11) is 0. The molecular weight excluding hydrogens is 319 g/mol. The first-order chi connectivity index (χ1) is 9.65. The Morgan fingerprint density at radius 3 is 2.25 bits per heavy atom. The maximum atomic E-state index is 13.5. The summed E-state index contributed by atoms with van der Waals surface area (Å²) >= 11 is 3.09. The van der Waals surface area contributed by atoms with Gasteiger partial charge in [0.15, 0.2) is 5.78 Å². The molecule has 0 atom stereocenters. The second kappa shape index (κ2) is 5.49. The van der Waals surface area contributed by atoms with Crippen LogP contribution in [0.2, 0.25) is 0 Å². The minimum Gasteiger partial charge on any atom is -0.289 e. The summed E-state index contributed by atoms with van der Waals surface area (Å²) in [5.41, 5.74) is 2.28. The van der Waals surface area contributed by atoms with Gasteiger partial charge in [-0.15, -0.1) is 0 Å². The number of hydrogen-bond donors (Lipinski definition) is 0. The summed E-state index contributed by atoms with van der Waals surface area (Å²) < 4.78 is 13.8. The lowest BCUT2D eigenvalue weighted by molar-refractivity contribution is 0.103. The number of benzene rings is 2. The van der Waals surface area contributed by atoms with Crippen molar-refractivity contribution in [3.8, 4) is 0 Å². The van der Waals surface area contributed by atoms with Gasteiger partial charge in [0.2, 0.25) is 0 Å². The number of carbonyl (C=O) groups is 1. The van der Waals surface area contributed by atoms with Crippen LogP contribution in [0.3, 0.4) is 0 Å². The fourth-order valence-corrected chi connectivity index (χ4v) is 2.70. The molecule has 20 heavy (non-hydrogen) atoms. The van der Waals surface area contributed by atoms with E-state index in [1.807, 2.05) is 24.3 Å². The van der Waals surface area contributed by atoms with E-state index in [-0.39, 0.29) is 5.78 Å². The average molecular weight is 333 g/mol. The zero-order chi connectivity index (χ0) is 14.1. The van der Waals surface area contributed by atoms with Gasteiger partial charge in [0.05, 0.1) is 4.47 Å². The molecule has 102 valence electrons. The van der Waals surface area contributed by atoms with Crippen LogP contribution in [0.25, 0.3) is 0 Å². The molecule has 1 saturated carbocycles. The van der Waals surface area contributed by atoms with Crippen molar-refractivity contribution in [2.24, 2.45) is 0 Å². The average Bonchev–Trinajstić information content (AvgIpc) is 2.40. The number of halogens is 2. The van der Waals surface area contributed by atoms with Crippen LogP contribution in [-0.4, -0.2) is 5.78 Å². The summed E-state index contributed by atoms with van der Waals surface area (Å²) in [6.07, 6.45) is 3.78. The van der Waals surface area contributed by atoms with Crippen molar-refractivity contribution in [2.45, 2.75) is 25.2 Å². The highest BCUT2D eigenvalue weighted by molar-refractivity contribution is 9.10. The highest BCUT2D eigenvalue weighted by atomic mass is 79.9. The first-order valence-electron chi connectivity index (χ1n) is 6.75. The molecule has 0 bridgehead atoms. The van der Waals surface area contributed by atoms with Gasteiger partial charge in [0, 0.05) is 11.1 Å². The highest BCUT2D eigenvalue weighted by Gasteiger charge is 2.19. The third-order valence-electron chi connectivity index (χ3n) is 3.93. The fourth-order valence-electron chi connectivity index (χ4n) is 2.45. The lowest BCUT2D eigenvalue weighted by Gasteiger charge is -2.25. The van der Waals surface area contributed by atoms with Crippen molar-refractivity contribution in [1.82, 2.24) is 0 Å². The Kier molecular flexibility index (Phi) is 3.70. The van der Waals surface area contributed by atoms with Crippen LogP contribution in [0.5, 0.6) is 0 Å². The third-order valence-corrected chi connectivity index (χ3v) is 4.57. The van der Waals surface area contributed by atoms with Crippen LogP contribution in [0.4, 0.5) is 4.39 Å². The molecule has 2 aromatic rings. The van der Waals surface area contributed by atoms with E-state index in [2.05, 4.69) is 15.9 Å². The normalized spacial score (nSPS) is 14.9. The molecule has 0 spiro atoms. The predicted molar refractivity (Wildman–Crippen MR) is 80.6 cm³/mol. The lowest BCUT2D eigenvalue weighted by atomic mass is 9.80. The summed E-state index contributed by atoms with van der Waals surface area (Å²) in [6, 6.07) is 12.2. The molecule has 0 radical (unpaired) electrons. The third kappa shape index (κ3) is 2.55. The second-order valence-electron chi connectivity index (χ2n) is 5.21. The Morgan fingerprint density at radius 2 is 1.70 bits per heavy atom. The van der Waals surface area contributed by atoms with Crippen molar-refractivity contribution >= 4 is 21.7 Å². The van der Waals surface area contributed by atoms with E-state index in [4.69, 9.17) is 0 Å². The van der Waals surface area contributed by atoms with Crippen LogP contribution >= 0.6 is 15.9 Å². The number of carbonyl (C=O) groups excluding carboxylic acids is 1. The molecule has 0 aliphatic heterocycles. The molecule has 0 saturated heterocycles. The topological polar surface area (TPSA) is 17.1 Å². The molecule has 3 heteroatoms. The van der Waals surface area contributed by atoms with Gasteiger partial charge in [0.25, 0.3) is 0 Å². The van der Waals surface area contributed by atoms with E-state index in [1.54, 1.807) is 12.1 Å². The van der Waals surface area contributed by atoms with Gasteiger partial charge in [-0.25, -0.2) is 4.39 Å². The van der Waals surface area contributed by atoms with Crippen LogP contribution in [-0.2, 0) is 0 Å². The SMILES string of the molecule is O=C(c1ccc(C2CCC2)cc1)c1ccc(Br)c(F)c1. The highest BCUT2D eigenvalue weighted by Crippen LogP contribution is 2.36. The molecule has 1 nitrogen and oxygen atoms in total. The monoisotopic (exact) mass is 332 g/mol. The smallest absolute Gasteiger partial charge is 0.193 e. The van der Waals surface area contributed by atoms with Crippen molar-refractivity contribution in [3.05, 3.63) is 69.4 Å². The van der Waals surface area contributed by atoms with Gasteiger partial charge in [-0.1, -0.05) is 30.7 Å². The van der Waals surface area contributed by atoms with Gasteiger partial charge >= 0.3 is 0 Å². The molecule has 0 heterocycles. The van der Waals surface area contributed by atoms with Crippen molar-refractivity contribution < 1.29 is 9.18 Å². The zero-order valence-corrected chi connectivity index (χ0v) is 12.5. The van der Waals surface area contributed by atoms with E-state index in [0.29, 0.717) is 21.5 Å². The molecule has 1 fully saturated rings. The molecule has 2 aromatic carbocycles. The summed E-state index contributed by atoms with van der Waals surface area (Å²) in [5, 5.41) is 0. The Morgan fingerprint density at radius 1 is 1.05 bits per heavy atom. The van der Waals surface area contributed by atoms with Crippen molar-refractivity contribution in [1.29, 1.82) is 0 Å². The number of hydrogen-bond acceptors (Lipinski definition) is 1. The summed E-state index contributed by atoms with van der Waals surface area (Å²) in [4.78, 5) is 12.3. The van der Waals surface area contributed by atoms with Gasteiger partial charge in [-0.3, -0.25) is 4.79 Å². The molecule has 0 amide bonds. The van der Waals surface area contributed by atoms with Gasteiger partial charge in [0.1, 0.15) is 5.82 Å². The molecule has 0 N–H and O–H groups in total. The predicted octanol–water partition coefficient (Wildman–Crippen LogP) is 5.09. The Balaban J connectivity index is 1.84. The summed E-state index contributed by atoms with van der Waals surface area (Å²) in [6.45, 7) is 0. The van der Waals surface area contributed by atoms with Crippen LogP contribution in [0.15, 0.2) is 46.9 Å². The largest absolute Gasteiger partial charge is 0.289 e. The Bertz CT molecular complexity index is 645. The minimum atomic E-state index is -0.415. The molecule has 1 aliphatic rings. The zero-order valence-electron chi connectivity index (χ0n) is 10.9. The van der Waals surface area contributed by atoms with E-state index in [0.717, 1.165) is 0 Å². The van der Waals surface area contributed by atoms with Gasteiger partial charge in [-0.2, -0.15) is 0 Å². The van der Waals surface area contributed by atoms with E-state index >= 15 is 0 Å². The first-order valence-corrected chi connectivity index (χ1v) is 7.54. The number of rotatable bonds is 3. The first kappa shape index (κ1) is 13.5. The number of ketones is 1. The van der Waals surface area contributed by atoms with Gasteiger partial charge in [-0.05, 0) is 58.5 Å². The molecule has 0 aromatic heterocycles. The van der Waals surface area contributed by atoms with Crippen molar-refractivity contribution in [3.63, 3.8) is 0 Å². The van der Waals surface area contributed by atoms with Crippen LogP contribution in [0.1, 0.15) is 46.7 Å². The fraction of sp³-hybridized carbons (Fsp3) is 0.235. The maximum Gasteiger partial charge on any atom is 0.193 e. The molecular formula is C17H14BrFO.